The molecule has 1 unspecified atom stereocenters. The third-order valence-electron chi connectivity index (χ3n) is 5.06. The number of benzene rings is 2. The minimum atomic E-state index is -0.235. The maximum atomic E-state index is 12.5. The molecular formula is C23H30N2O2. The van der Waals surface area contributed by atoms with Gasteiger partial charge in [-0.25, -0.2) is 4.79 Å². The number of ether oxygens (including phenoxy) is 1. The summed E-state index contributed by atoms with van der Waals surface area (Å²) < 4.78 is 5.50. The maximum Gasteiger partial charge on any atom is 0.410 e. The molecule has 3 rings (SSSR count). The van der Waals surface area contributed by atoms with Gasteiger partial charge in [0.2, 0.25) is 0 Å². The SMILES string of the molecule is CC(C)CNC(C)c1cccc2c1CCN(C(=O)OCc1ccccc1)C2. The Balaban J connectivity index is 1.62. The molecular weight excluding hydrogens is 336 g/mol. The Hall–Kier alpha value is -2.33. The Morgan fingerprint density at radius 2 is 1.89 bits per heavy atom. The highest BCUT2D eigenvalue weighted by atomic mass is 16.6. The van der Waals surface area contributed by atoms with Crippen molar-refractivity contribution < 1.29 is 9.53 Å². The Labute approximate surface area is 162 Å². The monoisotopic (exact) mass is 366 g/mol. The van der Waals surface area contributed by atoms with Crippen molar-refractivity contribution in [1.29, 1.82) is 0 Å². The first-order chi connectivity index (χ1) is 13.0. The minimum Gasteiger partial charge on any atom is -0.445 e. The molecule has 0 aliphatic carbocycles. The fourth-order valence-electron chi connectivity index (χ4n) is 3.53. The van der Waals surface area contributed by atoms with E-state index in [0.717, 1.165) is 18.5 Å². The second-order valence-electron chi connectivity index (χ2n) is 7.72. The predicted octanol–water partition coefficient (Wildman–Crippen LogP) is 4.69. The molecule has 1 heterocycles. The van der Waals surface area contributed by atoms with Crippen molar-refractivity contribution in [3.63, 3.8) is 0 Å². The number of rotatable bonds is 6. The molecule has 0 saturated heterocycles. The van der Waals surface area contributed by atoms with E-state index in [2.05, 4.69) is 44.3 Å². The summed E-state index contributed by atoms with van der Waals surface area (Å²) in [6, 6.07) is 16.6. The van der Waals surface area contributed by atoms with E-state index >= 15 is 0 Å². The van der Waals surface area contributed by atoms with Gasteiger partial charge in [0.25, 0.3) is 0 Å². The van der Waals surface area contributed by atoms with E-state index in [1.54, 1.807) is 4.90 Å². The third-order valence-corrected chi connectivity index (χ3v) is 5.06. The molecule has 4 nitrogen and oxygen atoms in total. The maximum absolute atomic E-state index is 12.5. The van der Waals surface area contributed by atoms with Crippen LogP contribution in [0.3, 0.4) is 0 Å². The Morgan fingerprint density at radius 3 is 2.63 bits per heavy atom. The number of hydrogen-bond acceptors (Lipinski definition) is 3. The van der Waals surface area contributed by atoms with Gasteiger partial charge in [0.05, 0.1) is 0 Å². The second kappa shape index (κ2) is 9.05. The Kier molecular flexibility index (Phi) is 6.51. The fourth-order valence-corrected chi connectivity index (χ4v) is 3.53. The van der Waals surface area contributed by atoms with Crippen LogP contribution in [0, 0.1) is 5.92 Å². The highest BCUT2D eigenvalue weighted by Gasteiger charge is 2.24. The zero-order chi connectivity index (χ0) is 19.2. The lowest BCUT2D eigenvalue weighted by molar-refractivity contribution is 0.0918. The van der Waals surface area contributed by atoms with Crippen LogP contribution in [0.5, 0.6) is 0 Å². The zero-order valence-corrected chi connectivity index (χ0v) is 16.6. The van der Waals surface area contributed by atoms with E-state index in [-0.39, 0.29) is 6.09 Å². The molecule has 27 heavy (non-hydrogen) atoms. The van der Waals surface area contributed by atoms with Crippen LogP contribution in [-0.2, 0) is 24.3 Å². The van der Waals surface area contributed by atoms with Gasteiger partial charge in [0, 0.05) is 19.1 Å². The summed E-state index contributed by atoms with van der Waals surface area (Å²) in [5.41, 5.74) is 4.98. The molecule has 0 radical (unpaired) electrons. The van der Waals surface area contributed by atoms with Gasteiger partial charge in [-0.1, -0.05) is 62.4 Å². The summed E-state index contributed by atoms with van der Waals surface area (Å²) >= 11 is 0. The van der Waals surface area contributed by atoms with Crippen LogP contribution in [0.4, 0.5) is 4.79 Å². The van der Waals surface area contributed by atoms with Crippen molar-refractivity contribution in [2.24, 2.45) is 5.92 Å². The summed E-state index contributed by atoms with van der Waals surface area (Å²) in [7, 11) is 0. The van der Waals surface area contributed by atoms with Crippen LogP contribution in [0.25, 0.3) is 0 Å². The average molecular weight is 367 g/mol. The molecule has 0 spiro atoms. The van der Waals surface area contributed by atoms with Crippen molar-refractivity contribution in [1.82, 2.24) is 10.2 Å². The van der Waals surface area contributed by atoms with E-state index in [4.69, 9.17) is 4.74 Å². The highest BCUT2D eigenvalue weighted by Crippen LogP contribution is 2.27. The summed E-state index contributed by atoms with van der Waals surface area (Å²) in [5.74, 6) is 0.627. The van der Waals surface area contributed by atoms with Crippen molar-refractivity contribution in [2.75, 3.05) is 13.1 Å². The normalized spacial score (nSPS) is 14.7. The van der Waals surface area contributed by atoms with Gasteiger partial charge in [-0.05, 0) is 48.1 Å². The lowest BCUT2D eigenvalue weighted by atomic mass is 9.91. The Bertz CT molecular complexity index is 758. The summed E-state index contributed by atoms with van der Waals surface area (Å²) in [4.78, 5) is 14.3. The van der Waals surface area contributed by atoms with Gasteiger partial charge < -0.3 is 15.0 Å². The predicted molar refractivity (Wildman–Crippen MR) is 108 cm³/mol. The van der Waals surface area contributed by atoms with Gasteiger partial charge in [-0.15, -0.1) is 0 Å². The molecule has 0 fully saturated rings. The van der Waals surface area contributed by atoms with Crippen LogP contribution in [0.2, 0.25) is 0 Å². The van der Waals surface area contributed by atoms with Crippen LogP contribution >= 0.6 is 0 Å². The lowest BCUT2D eigenvalue weighted by Crippen LogP contribution is -2.37. The molecule has 2 aromatic carbocycles. The molecule has 2 aromatic rings. The molecule has 1 N–H and O–H groups in total. The molecule has 0 aromatic heterocycles. The van der Waals surface area contributed by atoms with E-state index in [1.807, 2.05) is 30.3 Å². The minimum absolute atomic E-state index is 0.235. The third kappa shape index (κ3) is 5.10. The number of amides is 1. The van der Waals surface area contributed by atoms with Gasteiger partial charge in [0.15, 0.2) is 0 Å². The molecule has 0 bridgehead atoms. The Morgan fingerprint density at radius 1 is 1.11 bits per heavy atom. The largest absolute Gasteiger partial charge is 0.445 e. The first kappa shape index (κ1) is 19.4. The number of carbonyl (C=O) groups is 1. The summed E-state index contributed by atoms with van der Waals surface area (Å²) in [6.45, 7) is 9.31. The van der Waals surface area contributed by atoms with Crippen molar-refractivity contribution in [2.45, 2.75) is 46.4 Å². The lowest BCUT2D eigenvalue weighted by Gasteiger charge is -2.31. The standard InChI is InChI=1S/C23H30N2O2/c1-17(2)14-24-18(3)21-11-7-10-20-15-25(13-12-22(20)21)23(26)27-16-19-8-5-4-6-9-19/h4-11,17-18,24H,12-16H2,1-3H3. The molecule has 4 heteroatoms. The first-order valence-corrected chi connectivity index (χ1v) is 9.84. The molecule has 1 amide bonds. The quantitative estimate of drug-likeness (QED) is 0.806. The van der Waals surface area contributed by atoms with Crippen molar-refractivity contribution in [3.05, 3.63) is 70.8 Å². The van der Waals surface area contributed by atoms with Crippen molar-refractivity contribution >= 4 is 6.09 Å². The fraction of sp³-hybridized carbons (Fsp3) is 0.435. The smallest absolute Gasteiger partial charge is 0.410 e. The molecule has 1 atom stereocenters. The van der Waals surface area contributed by atoms with Crippen molar-refractivity contribution in [3.8, 4) is 0 Å². The van der Waals surface area contributed by atoms with Gasteiger partial charge >= 0.3 is 6.09 Å². The number of nitrogens with zero attached hydrogens (tertiary/aromatic N) is 1. The number of fused-ring (bicyclic) bond motifs is 1. The second-order valence-corrected chi connectivity index (χ2v) is 7.72. The zero-order valence-electron chi connectivity index (χ0n) is 16.6. The van der Waals surface area contributed by atoms with Crippen LogP contribution in [0.15, 0.2) is 48.5 Å². The number of hydrogen-bond donors (Lipinski definition) is 1. The summed E-state index contributed by atoms with van der Waals surface area (Å²) in [6.07, 6.45) is 0.639. The number of nitrogens with one attached hydrogen (secondary N) is 1. The molecule has 1 aliphatic rings. The van der Waals surface area contributed by atoms with Crippen LogP contribution < -0.4 is 5.32 Å². The molecule has 1 aliphatic heterocycles. The molecule has 0 saturated carbocycles. The van der Waals surface area contributed by atoms with E-state index < -0.39 is 0 Å². The number of carbonyl (C=O) groups excluding carboxylic acids is 1. The topological polar surface area (TPSA) is 41.6 Å². The highest BCUT2D eigenvalue weighted by molar-refractivity contribution is 5.68. The van der Waals surface area contributed by atoms with Gasteiger partial charge in [-0.3, -0.25) is 0 Å². The molecule has 144 valence electrons. The van der Waals surface area contributed by atoms with Crippen LogP contribution in [-0.4, -0.2) is 24.1 Å². The van der Waals surface area contributed by atoms with E-state index in [9.17, 15) is 4.79 Å². The first-order valence-electron chi connectivity index (χ1n) is 9.84. The average Bonchev–Trinajstić information content (AvgIpc) is 2.70. The summed E-state index contributed by atoms with van der Waals surface area (Å²) in [5, 5.41) is 3.62. The van der Waals surface area contributed by atoms with Gasteiger partial charge in [-0.2, -0.15) is 0 Å². The van der Waals surface area contributed by atoms with E-state index in [1.165, 1.54) is 16.7 Å². The van der Waals surface area contributed by atoms with E-state index in [0.29, 0.717) is 31.7 Å². The van der Waals surface area contributed by atoms with Gasteiger partial charge in [0.1, 0.15) is 6.61 Å². The van der Waals surface area contributed by atoms with Crippen LogP contribution in [0.1, 0.15) is 49.1 Å².